The van der Waals surface area contributed by atoms with E-state index in [9.17, 15) is 14.7 Å². The van der Waals surface area contributed by atoms with E-state index in [4.69, 9.17) is 4.74 Å². The van der Waals surface area contributed by atoms with Crippen molar-refractivity contribution in [3.8, 4) is 5.75 Å². The number of esters is 1. The fraction of sp³-hybridized carbons (Fsp3) is 0.429. The Bertz CT molecular complexity index is 1180. The lowest BCUT2D eigenvalue weighted by atomic mass is 9.99. The molecule has 34 heavy (non-hydrogen) atoms. The predicted octanol–water partition coefficient (Wildman–Crippen LogP) is 5.07. The van der Waals surface area contributed by atoms with Gasteiger partial charge in [-0.05, 0) is 54.5 Å². The van der Waals surface area contributed by atoms with E-state index in [-0.39, 0.29) is 30.8 Å². The number of carbonyl (C=O) groups excluding carboxylic acids is 2. The van der Waals surface area contributed by atoms with Crippen molar-refractivity contribution in [1.82, 2.24) is 9.88 Å². The van der Waals surface area contributed by atoms with Crippen molar-refractivity contribution in [2.75, 3.05) is 6.61 Å². The second-order valence-corrected chi connectivity index (χ2v) is 9.43. The van der Waals surface area contributed by atoms with Gasteiger partial charge in [0.15, 0.2) is 0 Å². The number of benzene rings is 2. The number of ether oxygens (including phenoxy) is 1. The van der Waals surface area contributed by atoms with Crippen LogP contribution in [-0.4, -0.2) is 34.2 Å². The first-order valence-corrected chi connectivity index (χ1v) is 12.0. The van der Waals surface area contributed by atoms with Gasteiger partial charge in [-0.3, -0.25) is 4.79 Å². The number of phenols is 1. The normalized spacial score (nSPS) is 12.4. The van der Waals surface area contributed by atoms with Gasteiger partial charge in [-0.25, -0.2) is 4.79 Å². The quantitative estimate of drug-likeness (QED) is 0.433. The number of hydrogen-bond acceptors (Lipinski definition) is 4. The van der Waals surface area contributed by atoms with Crippen LogP contribution in [0.5, 0.6) is 5.75 Å². The van der Waals surface area contributed by atoms with E-state index in [0.717, 1.165) is 33.3 Å². The van der Waals surface area contributed by atoms with Crippen molar-refractivity contribution in [2.24, 2.45) is 5.92 Å². The number of phenolic OH excluding ortho intramolecular Hbond substituents is 1. The standard InChI is InChI=1S/C28H36N2O4/c1-7-34-28(33)27(18(4)5)29-26(32)15-23-19(6)30(24-11-9-8-10-21(23)24)16-20-12-13-25(31)22(14-20)17(2)3/h8-14,17-18,27,31H,7,15-16H2,1-6H3,(H,29,32). The molecule has 2 aromatic carbocycles. The third-order valence-corrected chi connectivity index (χ3v) is 6.28. The molecule has 3 rings (SSSR count). The van der Waals surface area contributed by atoms with E-state index in [1.165, 1.54) is 0 Å². The molecule has 0 saturated carbocycles. The zero-order valence-electron chi connectivity index (χ0n) is 21.0. The largest absolute Gasteiger partial charge is 0.508 e. The van der Waals surface area contributed by atoms with E-state index < -0.39 is 12.0 Å². The first kappa shape index (κ1) is 25.3. The Labute approximate surface area is 201 Å². The van der Waals surface area contributed by atoms with Gasteiger partial charge in [0.1, 0.15) is 11.8 Å². The Morgan fingerprint density at radius 1 is 1.09 bits per heavy atom. The first-order valence-electron chi connectivity index (χ1n) is 12.0. The van der Waals surface area contributed by atoms with Crippen LogP contribution >= 0.6 is 0 Å². The molecule has 0 aliphatic carbocycles. The minimum absolute atomic E-state index is 0.0740. The molecule has 6 heteroatoms. The van der Waals surface area contributed by atoms with E-state index in [1.54, 1.807) is 13.0 Å². The van der Waals surface area contributed by atoms with Crippen LogP contribution < -0.4 is 5.32 Å². The minimum Gasteiger partial charge on any atom is -0.508 e. The number of fused-ring (bicyclic) bond motifs is 1. The number of para-hydroxylation sites is 1. The molecule has 2 N–H and O–H groups in total. The lowest BCUT2D eigenvalue weighted by molar-refractivity contribution is -0.148. The van der Waals surface area contributed by atoms with Gasteiger partial charge in [-0.1, -0.05) is 58.0 Å². The molecule has 1 atom stereocenters. The molecule has 0 aliphatic heterocycles. The molecular formula is C28H36N2O4. The van der Waals surface area contributed by atoms with Crippen LogP contribution in [-0.2, 0) is 27.3 Å². The number of rotatable bonds is 9. The Morgan fingerprint density at radius 3 is 2.44 bits per heavy atom. The van der Waals surface area contributed by atoms with Crippen LogP contribution in [0.2, 0.25) is 0 Å². The maximum Gasteiger partial charge on any atom is 0.328 e. The van der Waals surface area contributed by atoms with Crippen molar-refractivity contribution in [1.29, 1.82) is 0 Å². The van der Waals surface area contributed by atoms with Crippen LogP contribution in [0.4, 0.5) is 0 Å². The fourth-order valence-electron chi connectivity index (χ4n) is 4.39. The van der Waals surface area contributed by atoms with Crippen LogP contribution in [0.1, 0.15) is 62.9 Å². The molecule has 1 heterocycles. The highest BCUT2D eigenvalue weighted by Gasteiger charge is 2.26. The summed E-state index contributed by atoms with van der Waals surface area (Å²) in [5.74, 6) is -0.153. The van der Waals surface area contributed by atoms with E-state index in [1.807, 2.05) is 51.1 Å². The molecule has 6 nitrogen and oxygen atoms in total. The van der Waals surface area contributed by atoms with Gasteiger partial charge in [0.2, 0.25) is 5.91 Å². The lowest BCUT2D eigenvalue weighted by Gasteiger charge is -2.20. The van der Waals surface area contributed by atoms with E-state index >= 15 is 0 Å². The van der Waals surface area contributed by atoms with Crippen molar-refractivity contribution in [2.45, 2.75) is 66.5 Å². The maximum absolute atomic E-state index is 13.0. The summed E-state index contributed by atoms with van der Waals surface area (Å²) >= 11 is 0. The zero-order chi connectivity index (χ0) is 25.0. The van der Waals surface area contributed by atoms with Crippen molar-refractivity contribution in [3.05, 3.63) is 64.8 Å². The van der Waals surface area contributed by atoms with Gasteiger partial charge in [0.25, 0.3) is 0 Å². The number of aromatic nitrogens is 1. The molecule has 1 unspecified atom stereocenters. The molecule has 1 aromatic heterocycles. The summed E-state index contributed by atoms with van der Waals surface area (Å²) in [6, 6.07) is 13.1. The Morgan fingerprint density at radius 2 is 1.79 bits per heavy atom. The third kappa shape index (κ3) is 5.44. The topological polar surface area (TPSA) is 80.6 Å². The lowest BCUT2D eigenvalue weighted by Crippen LogP contribution is -2.45. The zero-order valence-corrected chi connectivity index (χ0v) is 21.0. The van der Waals surface area contributed by atoms with E-state index in [2.05, 4.69) is 29.8 Å². The van der Waals surface area contributed by atoms with Gasteiger partial charge in [-0.15, -0.1) is 0 Å². The summed E-state index contributed by atoms with van der Waals surface area (Å²) in [5.41, 5.74) is 5.01. The van der Waals surface area contributed by atoms with Crippen molar-refractivity contribution < 1.29 is 19.4 Å². The highest BCUT2D eigenvalue weighted by molar-refractivity contribution is 5.92. The molecule has 0 aliphatic rings. The second kappa shape index (κ2) is 10.8. The summed E-state index contributed by atoms with van der Waals surface area (Å²) in [6.45, 7) is 12.6. The summed E-state index contributed by atoms with van der Waals surface area (Å²) in [5, 5.41) is 14.1. The van der Waals surface area contributed by atoms with Gasteiger partial charge in [-0.2, -0.15) is 0 Å². The minimum atomic E-state index is -0.674. The molecule has 0 bridgehead atoms. The van der Waals surface area contributed by atoms with Crippen LogP contribution in [0, 0.1) is 12.8 Å². The third-order valence-electron chi connectivity index (χ3n) is 6.28. The number of carbonyl (C=O) groups is 2. The highest BCUT2D eigenvalue weighted by Crippen LogP contribution is 2.30. The number of nitrogens with zero attached hydrogens (tertiary/aromatic N) is 1. The fourth-order valence-corrected chi connectivity index (χ4v) is 4.39. The van der Waals surface area contributed by atoms with Crippen molar-refractivity contribution >= 4 is 22.8 Å². The Hall–Kier alpha value is -3.28. The van der Waals surface area contributed by atoms with E-state index in [0.29, 0.717) is 12.3 Å². The molecule has 1 amide bonds. The average Bonchev–Trinajstić information content (AvgIpc) is 3.04. The molecular weight excluding hydrogens is 428 g/mol. The number of nitrogens with one attached hydrogen (secondary N) is 1. The average molecular weight is 465 g/mol. The molecule has 0 radical (unpaired) electrons. The number of amides is 1. The van der Waals surface area contributed by atoms with Gasteiger partial charge in [0, 0.05) is 23.1 Å². The van der Waals surface area contributed by atoms with Gasteiger partial charge in [0.05, 0.1) is 13.0 Å². The predicted molar refractivity (Wildman–Crippen MR) is 135 cm³/mol. The monoisotopic (exact) mass is 464 g/mol. The van der Waals surface area contributed by atoms with Crippen LogP contribution in [0.25, 0.3) is 10.9 Å². The summed E-state index contributed by atoms with van der Waals surface area (Å²) in [7, 11) is 0. The van der Waals surface area contributed by atoms with Crippen molar-refractivity contribution in [3.63, 3.8) is 0 Å². The molecule has 0 spiro atoms. The Balaban J connectivity index is 1.92. The summed E-state index contributed by atoms with van der Waals surface area (Å²) in [6.07, 6.45) is 0.175. The SMILES string of the molecule is CCOC(=O)C(NC(=O)Cc1c(C)n(Cc2ccc(O)c(C(C)C)c2)c2ccccc12)C(C)C. The summed E-state index contributed by atoms with van der Waals surface area (Å²) < 4.78 is 7.35. The Kier molecular flexibility index (Phi) is 8.02. The highest BCUT2D eigenvalue weighted by atomic mass is 16.5. The smallest absolute Gasteiger partial charge is 0.328 e. The second-order valence-electron chi connectivity index (χ2n) is 9.43. The number of aromatic hydroxyl groups is 1. The summed E-state index contributed by atoms with van der Waals surface area (Å²) in [4.78, 5) is 25.3. The molecule has 0 saturated heterocycles. The molecule has 0 fully saturated rings. The molecule has 182 valence electrons. The number of hydrogen-bond donors (Lipinski definition) is 2. The maximum atomic E-state index is 13.0. The first-order chi connectivity index (χ1) is 16.1. The van der Waals surface area contributed by atoms with Gasteiger partial charge < -0.3 is 19.7 Å². The van der Waals surface area contributed by atoms with Gasteiger partial charge >= 0.3 is 5.97 Å². The molecule has 3 aromatic rings. The van der Waals surface area contributed by atoms with Crippen LogP contribution in [0.3, 0.4) is 0 Å². The van der Waals surface area contributed by atoms with Crippen LogP contribution in [0.15, 0.2) is 42.5 Å².